The molecule has 2 aromatic heterocycles. The van der Waals surface area contributed by atoms with Crippen LogP contribution in [-0.2, 0) is 0 Å². The molecule has 1 unspecified atom stereocenters. The first-order valence-electron chi connectivity index (χ1n) is 3.67. The molecule has 0 saturated heterocycles. The van der Waals surface area contributed by atoms with E-state index in [4.69, 9.17) is 4.52 Å². The smallest absolute Gasteiger partial charge is 0.124 e. The fraction of sp³-hybridized carbons (Fsp3) is 0.250. The van der Waals surface area contributed by atoms with E-state index in [1.165, 1.54) is 0 Å². The van der Waals surface area contributed by atoms with Crippen molar-refractivity contribution in [2.75, 3.05) is 0 Å². The first-order chi connectivity index (χ1) is 5.88. The third kappa shape index (κ3) is 1.25. The number of hydrogen-bond acceptors (Lipinski definition) is 4. The molecule has 12 heavy (non-hydrogen) atoms. The van der Waals surface area contributed by atoms with Crippen molar-refractivity contribution < 1.29 is 4.52 Å². The molecular weight excluding hydrogens is 172 g/mol. The SMILES string of the molecule is CC(c1ccon1)c1nccs1. The van der Waals surface area contributed by atoms with E-state index in [0.29, 0.717) is 0 Å². The van der Waals surface area contributed by atoms with Crippen LogP contribution < -0.4 is 0 Å². The molecule has 0 aliphatic heterocycles. The molecule has 0 saturated carbocycles. The summed E-state index contributed by atoms with van der Waals surface area (Å²) in [6.45, 7) is 2.07. The Morgan fingerprint density at radius 3 is 3.08 bits per heavy atom. The van der Waals surface area contributed by atoms with Gasteiger partial charge < -0.3 is 4.52 Å². The van der Waals surface area contributed by atoms with Crippen molar-refractivity contribution in [2.24, 2.45) is 0 Å². The maximum atomic E-state index is 4.76. The lowest BCUT2D eigenvalue weighted by molar-refractivity contribution is 0.409. The molecule has 0 spiro atoms. The minimum Gasteiger partial charge on any atom is -0.364 e. The summed E-state index contributed by atoms with van der Waals surface area (Å²) in [6.07, 6.45) is 3.38. The van der Waals surface area contributed by atoms with Crippen molar-refractivity contribution in [3.63, 3.8) is 0 Å². The highest BCUT2D eigenvalue weighted by molar-refractivity contribution is 7.09. The van der Waals surface area contributed by atoms with Gasteiger partial charge >= 0.3 is 0 Å². The minimum absolute atomic E-state index is 0.240. The standard InChI is InChI=1S/C8H8N2OS/c1-6(7-2-4-11-10-7)8-9-3-5-12-8/h2-6H,1H3. The summed E-state index contributed by atoms with van der Waals surface area (Å²) in [6, 6.07) is 1.87. The largest absolute Gasteiger partial charge is 0.364 e. The van der Waals surface area contributed by atoms with Crippen LogP contribution >= 0.6 is 11.3 Å². The molecule has 2 heterocycles. The van der Waals surface area contributed by atoms with E-state index in [1.54, 1.807) is 23.8 Å². The molecule has 0 aliphatic rings. The van der Waals surface area contributed by atoms with Gasteiger partial charge in [-0.1, -0.05) is 12.1 Å². The summed E-state index contributed by atoms with van der Waals surface area (Å²) in [5.41, 5.74) is 0.935. The van der Waals surface area contributed by atoms with Crippen molar-refractivity contribution in [1.82, 2.24) is 10.1 Å². The van der Waals surface area contributed by atoms with Gasteiger partial charge in [0.25, 0.3) is 0 Å². The Morgan fingerprint density at radius 2 is 2.50 bits per heavy atom. The molecule has 0 aliphatic carbocycles. The van der Waals surface area contributed by atoms with Crippen LogP contribution in [-0.4, -0.2) is 10.1 Å². The van der Waals surface area contributed by atoms with Gasteiger partial charge in [0.2, 0.25) is 0 Å². The lowest BCUT2D eigenvalue weighted by Crippen LogP contribution is -1.94. The number of aromatic nitrogens is 2. The molecule has 62 valence electrons. The highest BCUT2D eigenvalue weighted by Gasteiger charge is 2.12. The molecule has 4 heteroatoms. The second-order valence-electron chi connectivity index (χ2n) is 2.52. The summed E-state index contributed by atoms with van der Waals surface area (Å²) in [7, 11) is 0. The summed E-state index contributed by atoms with van der Waals surface area (Å²) in [4.78, 5) is 4.21. The van der Waals surface area contributed by atoms with Gasteiger partial charge in [-0.3, -0.25) is 0 Å². The average molecular weight is 180 g/mol. The second kappa shape index (κ2) is 3.06. The predicted molar refractivity (Wildman–Crippen MR) is 46.1 cm³/mol. The van der Waals surface area contributed by atoms with Gasteiger partial charge in [0.05, 0.1) is 11.6 Å². The van der Waals surface area contributed by atoms with Gasteiger partial charge in [-0.05, 0) is 0 Å². The highest BCUT2D eigenvalue weighted by Crippen LogP contribution is 2.23. The summed E-state index contributed by atoms with van der Waals surface area (Å²) in [5, 5.41) is 6.90. The number of thiazole rings is 1. The quantitative estimate of drug-likeness (QED) is 0.711. The predicted octanol–water partition coefficient (Wildman–Crippen LogP) is 2.28. The van der Waals surface area contributed by atoms with Crippen LogP contribution in [0.3, 0.4) is 0 Å². The van der Waals surface area contributed by atoms with E-state index in [-0.39, 0.29) is 5.92 Å². The van der Waals surface area contributed by atoms with E-state index in [9.17, 15) is 0 Å². The zero-order valence-electron chi connectivity index (χ0n) is 6.60. The van der Waals surface area contributed by atoms with E-state index < -0.39 is 0 Å². The molecule has 0 bridgehead atoms. The maximum absolute atomic E-state index is 4.76. The van der Waals surface area contributed by atoms with Crippen molar-refractivity contribution in [1.29, 1.82) is 0 Å². The van der Waals surface area contributed by atoms with E-state index >= 15 is 0 Å². The fourth-order valence-electron chi connectivity index (χ4n) is 1.02. The first-order valence-corrected chi connectivity index (χ1v) is 4.55. The first kappa shape index (κ1) is 7.49. The van der Waals surface area contributed by atoms with Crippen molar-refractivity contribution in [3.8, 4) is 0 Å². The van der Waals surface area contributed by atoms with Gasteiger partial charge in [0, 0.05) is 17.6 Å². The van der Waals surface area contributed by atoms with Gasteiger partial charge in [-0.25, -0.2) is 4.98 Å². The van der Waals surface area contributed by atoms with Crippen LogP contribution in [0.2, 0.25) is 0 Å². The highest BCUT2D eigenvalue weighted by atomic mass is 32.1. The minimum atomic E-state index is 0.240. The summed E-state index contributed by atoms with van der Waals surface area (Å²) in [5.74, 6) is 0.240. The van der Waals surface area contributed by atoms with Gasteiger partial charge in [-0.2, -0.15) is 0 Å². The Balaban J connectivity index is 2.27. The van der Waals surface area contributed by atoms with Crippen LogP contribution in [0.4, 0.5) is 0 Å². The Bertz CT molecular complexity index is 294. The molecule has 2 rings (SSSR count). The lowest BCUT2D eigenvalue weighted by atomic mass is 10.1. The van der Waals surface area contributed by atoms with Crippen LogP contribution in [0.15, 0.2) is 28.4 Å². The van der Waals surface area contributed by atoms with Gasteiger partial charge in [0.15, 0.2) is 0 Å². The average Bonchev–Trinajstić information content (AvgIpc) is 2.77. The van der Waals surface area contributed by atoms with Crippen molar-refractivity contribution in [2.45, 2.75) is 12.8 Å². The monoisotopic (exact) mass is 180 g/mol. The van der Waals surface area contributed by atoms with Crippen molar-refractivity contribution >= 4 is 11.3 Å². The summed E-state index contributed by atoms with van der Waals surface area (Å²) >= 11 is 1.64. The van der Waals surface area contributed by atoms with Crippen molar-refractivity contribution in [3.05, 3.63) is 34.6 Å². The Morgan fingerprint density at radius 1 is 1.58 bits per heavy atom. The molecule has 0 radical (unpaired) electrons. The molecule has 0 amide bonds. The van der Waals surface area contributed by atoms with E-state index in [1.807, 2.05) is 11.4 Å². The third-order valence-corrected chi connectivity index (χ3v) is 2.68. The zero-order chi connectivity index (χ0) is 8.39. The molecule has 0 fully saturated rings. The molecule has 3 nitrogen and oxygen atoms in total. The van der Waals surface area contributed by atoms with Gasteiger partial charge in [0.1, 0.15) is 11.3 Å². The van der Waals surface area contributed by atoms with Crippen LogP contribution in [0.1, 0.15) is 23.5 Å². The molecule has 1 atom stereocenters. The lowest BCUT2D eigenvalue weighted by Gasteiger charge is -2.01. The van der Waals surface area contributed by atoms with Crippen LogP contribution in [0, 0.1) is 0 Å². The topological polar surface area (TPSA) is 38.9 Å². The number of rotatable bonds is 2. The fourth-order valence-corrected chi connectivity index (χ4v) is 1.73. The second-order valence-corrected chi connectivity index (χ2v) is 3.44. The Hall–Kier alpha value is -1.16. The number of hydrogen-bond donors (Lipinski definition) is 0. The maximum Gasteiger partial charge on any atom is 0.124 e. The van der Waals surface area contributed by atoms with Crippen LogP contribution in [0.25, 0.3) is 0 Å². The summed E-state index contributed by atoms with van der Waals surface area (Å²) < 4.78 is 4.76. The Kier molecular flexibility index (Phi) is 1.91. The van der Waals surface area contributed by atoms with E-state index in [2.05, 4.69) is 17.1 Å². The Labute approximate surface area is 74.0 Å². The number of nitrogens with zero attached hydrogens (tertiary/aromatic N) is 2. The third-order valence-electron chi connectivity index (χ3n) is 1.72. The molecule has 0 aromatic carbocycles. The van der Waals surface area contributed by atoms with E-state index in [0.717, 1.165) is 10.7 Å². The van der Waals surface area contributed by atoms with Crippen LogP contribution in [0.5, 0.6) is 0 Å². The molecule has 2 aromatic rings. The zero-order valence-corrected chi connectivity index (χ0v) is 7.41. The van der Waals surface area contributed by atoms with Gasteiger partial charge in [-0.15, -0.1) is 11.3 Å². The molecule has 0 N–H and O–H groups in total. The normalized spacial score (nSPS) is 13.1. The molecular formula is C8H8N2OS.